The molecule has 82 valence electrons. The second-order valence-electron chi connectivity index (χ2n) is 4.24. The van der Waals surface area contributed by atoms with E-state index in [0.29, 0.717) is 0 Å². The molecule has 0 bridgehead atoms. The van der Waals surface area contributed by atoms with Crippen LogP contribution in [0.3, 0.4) is 0 Å². The fraction of sp³-hybridized carbons (Fsp3) is 0.267. The minimum Gasteiger partial charge on any atom is -0.294 e. The number of hydrogen-bond donors (Lipinski definition) is 0. The molecule has 0 aliphatic rings. The molecule has 0 aliphatic carbocycles. The number of fused-ring (bicyclic) bond motifs is 1. The minimum atomic E-state index is 0.112. The van der Waals surface area contributed by atoms with Gasteiger partial charge in [0.05, 0.1) is 0 Å². The van der Waals surface area contributed by atoms with Gasteiger partial charge in [0.15, 0.2) is 5.78 Å². The molecule has 16 heavy (non-hydrogen) atoms. The van der Waals surface area contributed by atoms with Gasteiger partial charge in [0.25, 0.3) is 0 Å². The average molecular weight is 212 g/mol. The Hall–Kier alpha value is -1.63. The molecule has 0 amide bonds. The molecular weight excluding hydrogens is 196 g/mol. The summed E-state index contributed by atoms with van der Waals surface area (Å²) in [6.45, 7) is 4.03. The number of benzene rings is 2. The standard InChI is InChI=1S/C15H16O/c1-3-11(2)15(16)14-9-8-12-6-4-5-7-13(12)10-14/h4-11H,3H2,1-2H3/t11-/m0/s1. The van der Waals surface area contributed by atoms with Gasteiger partial charge in [-0.25, -0.2) is 0 Å². The highest BCUT2D eigenvalue weighted by atomic mass is 16.1. The Bertz CT molecular complexity index is 514. The highest BCUT2D eigenvalue weighted by Gasteiger charge is 2.12. The quantitative estimate of drug-likeness (QED) is 0.701. The summed E-state index contributed by atoms with van der Waals surface area (Å²) in [6.07, 6.45) is 0.895. The van der Waals surface area contributed by atoms with Crippen LogP contribution in [0.2, 0.25) is 0 Å². The molecule has 1 heteroatoms. The third-order valence-electron chi connectivity index (χ3n) is 3.09. The number of carbonyl (C=O) groups excluding carboxylic acids is 1. The Kier molecular flexibility index (Phi) is 3.04. The Morgan fingerprint density at radius 1 is 1.12 bits per heavy atom. The largest absolute Gasteiger partial charge is 0.294 e. The number of Topliss-reactive ketones (excluding diaryl/α,β-unsaturated/α-hetero) is 1. The van der Waals surface area contributed by atoms with E-state index in [0.717, 1.165) is 17.4 Å². The van der Waals surface area contributed by atoms with Crippen molar-refractivity contribution in [2.75, 3.05) is 0 Å². The molecule has 0 saturated carbocycles. The fourth-order valence-corrected chi connectivity index (χ4v) is 1.81. The van der Waals surface area contributed by atoms with Gasteiger partial charge in [-0.2, -0.15) is 0 Å². The Morgan fingerprint density at radius 3 is 2.50 bits per heavy atom. The van der Waals surface area contributed by atoms with E-state index in [1.165, 1.54) is 5.39 Å². The molecule has 0 unspecified atom stereocenters. The van der Waals surface area contributed by atoms with Crippen LogP contribution >= 0.6 is 0 Å². The van der Waals surface area contributed by atoms with E-state index in [2.05, 4.69) is 6.07 Å². The maximum atomic E-state index is 12.0. The summed E-state index contributed by atoms with van der Waals surface area (Å²) in [5.41, 5.74) is 0.827. The van der Waals surface area contributed by atoms with Crippen molar-refractivity contribution >= 4 is 16.6 Å². The maximum absolute atomic E-state index is 12.0. The first kappa shape index (κ1) is 10.9. The van der Waals surface area contributed by atoms with Crippen LogP contribution < -0.4 is 0 Å². The van der Waals surface area contributed by atoms with Crippen LogP contribution in [0.5, 0.6) is 0 Å². The number of carbonyl (C=O) groups is 1. The zero-order chi connectivity index (χ0) is 11.5. The molecular formula is C15H16O. The van der Waals surface area contributed by atoms with Crippen molar-refractivity contribution in [2.24, 2.45) is 5.92 Å². The third-order valence-corrected chi connectivity index (χ3v) is 3.09. The van der Waals surface area contributed by atoms with Crippen LogP contribution in [0.1, 0.15) is 30.6 Å². The maximum Gasteiger partial charge on any atom is 0.165 e. The second-order valence-corrected chi connectivity index (χ2v) is 4.24. The Labute approximate surface area is 96.1 Å². The minimum absolute atomic E-state index is 0.112. The van der Waals surface area contributed by atoms with E-state index >= 15 is 0 Å². The molecule has 0 fully saturated rings. The van der Waals surface area contributed by atoms with Crippen molar-refractivity contribution in [1.29, 1.82) is 0 Å². The van der Waals surface area contributed by atoms with E-state index in [-0.39, 0.29) is 11.7 Å². The predicted molar refractivity (Wildman–Crippen MR) is 67.7 cm³/mol. The molecule has 1 nitrogen and oxygen atoms in total. The van der Waals surface area contributed by atoms with Gasteiger partial charge in [-0.1, -0.05) is 50.2 Å². The molecule has 2 aromatic rings. The lowest BCUT2D eigenvalue weighted by Crippen LogP contribution is -2.09. The van der Waals surface area contributed by atoms with Crippen molar-refractivity contribution in [3.05, 3.63) is 48.0 Å². The molecule has 0 radical (unpaired) electrons. The molecule has 0 spiro atoms. The van der Waals surface area contributed by atoms with Gasteiger partial charge in [-0.15, -0.1) is 0 Å². The van der Waals surface area contributed by atoms with Gasteiger partial charge in [0.1, 0.15) is 0 Å². The molecule has 2 aromatic carbocycles. The van der Waals surface area contributed by atoms with Crippen LogP contribution in [-0.2, 0) is 0 Å². The SMILES string of the molecule is CC[C@H](C)C(=O)c1ccc2ccccc2c1. The molecule has 0 N–H and O–H groups in total. The first-order valence-electron chi connectivity index (χ1n) is 5.75. The smallest absolute Gasteiger partial charge is 0.165 e. The summed E-state index contributed by atoms with van der Waals surface area (Å²) in [7, 11) is 0. The van der Waals surface area contributed by atoms with E-state index in [9.17, 15) is 4.79 Å². The zero-order valence-electron chi connectivity index (χ0n) is 9.73. The highest BCUT2D eigenvalue weighted by molar-refractivity contribution is 6.01. The van der Waals surface area contributed by atoms with Crippen molar-refractivity contribution in [1.82, 2.24) is 0 Å². The molecule has 0 heterocycles. The highest BCUT2D eigenvalue weighted by Crippen LogP contribution is 2.18. The van der Waals surface area contributed by atoms with Gasteiger partial charge >= 0.3 is 0 Å². The van der Waals surface area contributed by atoms with E-state index in [1.54, 1.807) is 0 Å². The van der Waals surface area contributed by atoms with E-state index < -0.39 is 0 Å². The van der Waals surface area contributed by atoms with Crippen molar-refractivity contribution in [3.63, 3.8) is 0 Å². The van der Waals surface area contributed by atoms with Crippen molar-refractivity contribution in [2.45, 2.75) is 20.3 Å². The first-order valence-corrected chi connectivity index (χ1v) is 5.75. The number of rotatable bonds is 3. The topological polar surface area (TPSA) is 17.1 Å². The summed E-state index contributed by atoms with van der Waals surface area (Å²) < 4.78 is 0. The summed E-state index contributed by atoms with van der Waals surface area (Å²) in [5.74, 6) is 0.356. The molecule has 0 aliphatic heterocycles. The molecule has 0 saturated heterocycles. The van der Waals surface area contributed by atoms with Gasteiger partial charge in [0.2, 0.25) is 0 Å². The lowest BCUT2D eigenvalue weighted by Gasteiger charge is -2.08. The Balaban J connectivity index is 2.43. The first-order chi connectivity index (χ1) is 7.72. The molecule has 0 aromatic heterocycles. The summed E-state index contributed by atoms with van der Waals surface area (Å²) in [5, 5.41) is 2.32. The summed E-state index contributed by atoms with van der Waals surface area (Å²) in [4.78, 5) is 12.0. The van der Waals surface area contributed by atoms with Gasteiger partial charge in [-0.05, 0) is 23.3 Å². The summed E-state index contributed by atoms with van der Waals surface area (Å²) in [6, 6.07) is 14.1. The van der Waals surface area contributed by atoms with Crippen LogP contribution in [0.25, 0.3) is 10.8 Å². The van der Waals surface area contributed by atoms with Gasteiger partial charge in [-0.3, -0.25) is 4.79 Å². The van der Waals surface area contributed by atoms with Crippen molar-refractivity contribution < 1.29 is 4.79 Å². The summed E-state index contributed by atoms with van der Waals surface area (Å²) >= 11 is 0. The zero-order valence-corrected chi connectivity index (χ0v) is 9.73. The van der Waals surface area contributed by atoms with Crippen molar-refractivity contribution in [3.8, 4) is 0 Å². The van der Waals surface area contributed by atoms with E-state index in [4.69, 9.17) is 0 Å². The van der Waals surface area contributed by atoms with Gasteiger partial charge < -0.3 is 0 Å². The number of hydrogen-bond acceptors (Lipinski definition) is 1. The number of ketones is 1. The lowest BCUT2D eigenvalue weighted by atomic mass is 9.95. The average Bonchev–Trinajstić information content (AvgIpc) is 2.36. The Morgan fingerprint density at radius 2 is 1.81 bits per heavy atom. The normalized spacial score (nSPS) is 12.6. The van der Waals surface area contributed by atoms with Crippen LogP contribution in [0, 0.1) is 5.92 Å². The van der Waals surface area contributed by atoms with Crippen LogP contribution in [-0.4, -0.2) is 5.78 Å². The van der Waals surface area contributed by atoms with Crippen LogP contribution in [0.4, 0.5) is 0 Å². The predicted octanol–water partition coefficient (Wildman–Crippen LogP) is 4.07. The third kappa shape index (κ3) is 1.99. The fourth-order valence-electron chi connectivity index (χ4n) is 1.81. The second kappa shape index (κ2) is 4.48. The molecule has 1 atom stereocenters. The lowest BCUT2D eigenvalue weighted by molar-refractivity contribution is 0.0927. The monoisotopic (exact) mass is 212 g/mol. The van der Waals surface area contributed by atoms with Gasteiger partial charge in [0, 0.05) is 11.5 Å². The van der Waals surface area contributed by atoms with Crippen LogP contribution in [0.15, 0.2) is 42.5 Å². The van der Waals surface area contributed by atoms with E-state index in [1.807, 2.05) is 50.2 Å². The molecule has 2 rings (SSSR count).